The molecule has 120 valence electrons. The number of carbonyl (C=O) groups is 2. The quantitative estimate of drug-likeness (QED) is 0.564. The molecule has 0 bridgehead atoms. The van der Waals surface area contributed by atoms with Crippen molar-refractivity contribution >= 4 is 29.2 Å². The van der Waals surface area contributed by atoms with Crippen LogP contribution in [-0.4, -0.2) is 11.9 Å². The number of hydrogen-bond acceptors (Lipinski definition) is 4. The Balaban J connectivity index is 1.67. The first-order chi connectivity index (χ1) is 11.6. The van der Waals surface area contributed by atoms with Crippen molar-refractivity contribution in [1.82, 2.24) is 0 Å². The molecule has 0 saturated heterocycles. The maximum Gasteiger partial charge on any atom is 0.343 e. The monoisotopic (exact) mass is 341 g/mol. The predicted molar refractivity (Wildman–Crippen MR) is 89.5 cm³/mol. The van der Waals surface area contributed by atoms with Crippen molar-refractivity contribution in [1.29, 1.82) is 0 Å². The molecule has 0 aliphatic rings. The molecule has 0 unspecified atom stereocenters. The van der Waals surface area contributed by atoms with Crippen LogP contribution in [-0.2, 0) is 0 Å². The lowest BCUT2D eigenvalue weighted by Gasteiger charge is -2.07. The number of halogens is 1. The van der Waals surface area contributed by atoms with Gasteiger partial charge in [-0.2, -0.15) is 0 Å². The van der Waals surface area contributed by atoms with E-state index in [-0.39, 0.29) is 11.7 Å². The summed E-state index contributed by atoms with van der Waals surface area (Å²) >= 11 is 5.95. The lowest BCUT2D eigenvalue weighted by molar-refractivity contribution is 0.0734. The number of rotatable bonds is 4. The van der Waals surface area contributed by atoms with Crippen LogP contribution in [0.4, 0.5) is 5.69 Å². The standard InChI is InChI=1S/C18H12ClNO4/c19-14-4-1-2-5-15(14)24-18(22)12-7-9-13(10-8-12)20-17(21)16-6-3-11-23-16/h1-11H,(H,20,21). The Hall–Kier alpha value is -3.05. The number of nitrogens with one attached hydrogen (secondary N) is 1. The van der Waals surface area contributed by atoms with E-state index in [0.717, 1.165) is 0 Å². The van der Waals surface area contributed by atoms with Crippen LogP contribution in [0.2, 0.25) is 5.02 Å². The Bertz CT molecular complexity index is 857. The molecule has 3 aromatic rings. The largest absolute Gasteiger partial charge is 0.459 e. The molecule has 0 spiro atoms. The number of anilines is 1. The summed E-state index contributed by atoms with van der Waals surface area (Å²) in [7, 11) is 0. The minimum atomic E-state index is -0.535. The molecule has 3 rings (SSSR count). The number of esters is 1. The first-order valence-corrected chi connectivity index (χ1v) is 7.43. The Morgan fingerprint density at radius 2 is 1.71 bits per heavy atom. The summed E-state index contributed by atoms with van der Waals surface area (Å²) in [4.78, 5) is 24.0. The van der Waals surface area contributed by atoms with Crippen molar-refractivity contribution in [3.63, 3.8) is 0 Å². The molecule has 0 aliphatic carbocycles. The summed E-state index contributed by atoms with van der Waals surface area (Å²) in [6, 6.07) is 16.2. The third-order valence-corrected chi connectivity index (χ3v) is 3.47. The van der Waals surface area contributed by atoms with Crippen molar-refractivity contribution in [2.24, 2.45) is 0 Å². The zero-order valence-electron chi connectivity index (χ0n) is 12.4. The molecular weight excluding hydrogens is 330 g/mol. The molecule has 0 aliphatic heterocycles. The summed E-state index contributed by atoms with van der Waals surface area (Å²) in [6.45, 7) is 0. The highest BCUT2D eigenvalue weighted by Crippen LogP contribution is 2.24. The van der Waals surface area contributed by atoms with Gasteiger partial charge in [0.2, 0.25) is 0 Å². The molecule has 1 aromatic heterocycles. The molecule has 1 N–H and O–H groups in total. The normalized spacial score (nSPS) is 10.2. The van der Waals surface area contributed by atoms with Crippen LogP contribution < -0.4 is 10.1 Å². The molecule has 0 radical (unpaired) electrons. The number of ether oxygens (including phenoxy) is 1. The molecule has 0 saturated carbocycles. The SMILES string of the molecule is O=C(Oc1ccccc1Cl)c1ccc(NC(=O)c2ccco2)cc1. The maximum atomic E-state index is 12.1. The molecule has 0 atom stereocenters. The van der Waals surface area contributed by atoms with E-state index in [9.17, 15) is 9.59 Å². The van der Waals surface area contributed by atoms with Gasteiger partial charge in [-0.25, -0.2) is 4.79 Å². The van der Waals surface area contributed by atoms with E-state index in [4.69, 9.17) is 20.8 Å². The van der Waals surface area contributed by atoms with Crippen molar-refractivity contribution in [2.45, 2.75) is 0 Å². The first-order valence-electron chi connectivity index (χ1n) is 7.05. The molecule has 2 aromatic carbocycles. The molecule has 1 amide bonds. The van der Waals surface area contributed by atoms with Gasteiger partial charge in [0.25, 0.3) is 5.91 Å². The first kappa shape index (κ1) is 15.8. The Kier molecular flexibility index (Phi) is 4.63. The predicted octanol–water partition coefficient (Wildman–Crippen LogP) is 4.40. The van der Waals surface area contributed by atoms with Crippen LogP contribution in [0.3, 0.4) is 0 Å². The van der Waals surface area contributed by atoms with Gasteiger partial charge in [0.05, 0.1) is 16.8 Å². The number of furan rings is 1. The highest BCUT2D eigenvalue weighted by atomic mass is 35.5. The topological polar surface area (TPSA) is 68.5 Å². The molecule has 1 heterocycles. The summed E-state index contributed by atoms with van der Waals surface area (Å²) in [5.41, 5.74) is 0.872. The number of hydrogen-bond donors (Lipinski definition) is 1. The Labute approximate surface area is 142 Å². The van der Waals surface area contributed by atoms with Gasteiger partial charge in [0.15, 0.2) is 5.76 Å². The maximum absolute atomic E-state index is 12.1. The number of para-hydroxylation sites is 1. The molecule has 24 heavy (non-hydrogen) atoms. The van der Waals surface area contributed by atoms with Gasteiger partial charge in [-0.3, -0.25) is 4.79 Å². The number of carbonyl (C=O) groups excluding carboxylic acids is 2. The molecule has 5 nitrogen and oxygen atoms in total. The summed E-state index contributed by atoms with van der Waals surface area (Å²) in [5, 5.41) is 3.02. The highest BCUT2D eigenvalue weighted by Gasteiger charge is 2.12. The van der Waals surface area contributed by atoms with Crippen LogP contribution in [0.25, 0.3) is 0 Å². The van der Waals surface area contributed by atoms with Crippen molar-refractivity contribution in [3.8, 4) is 5.75 Å². The number of amides is 1. The second-order valence-electron chi connectivity index (χ2n) is 4.83. The van der Waals surface area contributed by atoms with E-state index in [1.807, 2.05) is 0 Å². The van der Waals surface area contributed by atoms with Gasteiger partial charge in [0, 0.05) is 5.69 Å². The van der Waals surface area contributed by atoms with E-state index >= 15 is 0 Å². The summed E-state index contributed by atoms with van der Waals surface area (Å²) in [5.74, 6) is -0.407. The van der Waals surface area contributed by atoms with E-state index in [2.05, 4.69) is 5.32 Å². The van der Waals surface area contributed by atoms with Gasteiger partial charge in [-0.1, -0.05) is 23.7 Å². The average molecular weight is 342 g/mol. The number of benzene rings is 2. The lowest BCUT2D eigenvalue weighted by atomic mass is 10.2. The third-order valence-electron chi connectivity index (χ3n) is 3.16. The molecule has 6 heteroatoms. The highest BCUT2D eigenvalue weighted by molar-refractivity contribution is 6.32. The molecule has 0 fully saturated rings. The minimum Gasteiger partial charge on any atom is -0.459 e. The van der Waals surface area contributed by atoms with Gasteiger partial charge in [0.1, 0.15) is 5.75 Å². The Morgan fingerprint density at radius 1 is 0.958 bits per heavy atom. The fraction of sp³-hybridized carbons (Fsp3) is 0. The van der Waals surface area contributed by atoms with Gasteiger partial charge in [-0.05, 0) is 48.5 Å². The second-order valence-corrected chi connectivity index (χ2v) is 5.24. The van der Waals surface area contributed by atoms with E-state index < -0.39 is 5.97 Å². The van der Waals surface area contributed by atoms with Crippen molar-refractivity contribution in [2.75, 3.05) is 5.32 Å². The van der Waals surface area contributed by atoms with Crippen LogP contribution in [0.5, 0.6) is 5.75 Å². The smallest absolute Gasteiger partial charge is 0.343 e. The van der Waals surface area contributed by atoms with Crippen LogP contribution in [0.15, 0.2) is 71.3 Å². The third kappa shape index (κ3) is 3.64. The lowest BCUT2D eigenvalue weighted by Crippen LogP contribution is -2.12. The van der Waals surface area contributed by atoms with Gasteiger partial charge >= 0.3 is 5.97 Å². The van der Waals surface area contributed by atoms with E-state index in [1.54, 1.807) is 60.7 Å². The zero-order chi connectivity index (χ0) is 16.9. The van der Waals surface area contributed by atoms with Crippen molar-refractivity contribution in [3.05, 3.63) is 83.3 Å². The van der Waals surface area contributed by atoms with E-state index in [0.29, 0.717) is 22.0 Å². The fourth-order valence-electron chi connectivity index (χ4n) is 1.98. The van der Waals surface area contributed by atoms with Crippen LogP contribution >= 0.6 is 11.6 Å². The van der Waals surface area contributed by atoms with Crippen LogP contribution in [0.1, 0.15) is 20.9 Å². The van der Waals surface area contributed by atoms with Crippen molar-refractivity contribution < 1.29 is 18.7 Å². The minimum absolute atomic E-state index is 0.206. The van der Waals surface area contributed by atoms with Gasteiger partial charge < -0.3 is 14.5 Å². The molecular formula is C18H12ClNO4. The zero-order valence-corrected chi connectivity index (χ0v) is 13.1. The summed E-state index contributed by atoms with van der Waals surface area (Å²) < 4.78 is 10.2. The Morgan fingerprint density at radius 3 is 2.38 bits per heavy atom. The van der Waals surface area contributed by atoms with E-state index in [1.165, 1.54) is 6.26 Å². The average Bonchev–Trinajstić information content (AvgIpc) is 3.12. The summed E-state index contributed by atoms with van der Waals surface area (Å²) in [6.07, 6.45) is 1.42. The second kappa shape index (κ2) is 7.02. The fourth-order valence-corrected chi connectivity index (χ4v) is 2.15. The van der Waals surface area contributed by atoms with Crippen LogP contribution in [0, 0.1) is 0 Å². The van der Waals surface area contributed by atoms with Gasteiger partial charge in [-0.15, -0.1) is 0 Å².